The zero-order chi connectivity index (χ0) is 18.4. The van der Waals surface area contributed by atoms with Gasteiger partial charge in [-0.1, -0.05) is 42.1 Å². The van der Waals surface area contributed by atoms with Crippen LogP contribution in [-0.4, -0.2) is 11.0 Å². The molecular weight excluding hydrogens is 364 g/mol. The minimum atomic E-state index is -0.362. The number of benzene rings is 2. The summed E-state index contributed by atoms with van der Waals surface area (Å²) in [6, 6.07) is 16.6. The minimum Gasteiger partial charge on any atom is -0.457 e. The lowest BCUT2D eigenvalue weighted by Gasteiger charge is -2.09. The van der Waals surface area contributed by atoms with E-state index < -0.39 is 0 Å². The first-order valence-corrected chi connectivity index (χ1v) is 9.81. The van der Waals surface area contributed by atoms with Crippen LogP contribution in [0.15, 0.2) is 58.3 Å². The number of carbonyl (C=O) groups is 1. The fraction of sp³-hybridized carbons (Fsp3) is 0.150. The molecule has 0 amide bonds. The summed E-state index contributed by atoms with van der Waals surface area (Å²) in [5, 5.41) is 11.0. The second-order valence-corrected chi connectivity index (χ2v) is 7.67. The van der Waals surface area contributed by atoms with E-state index in [0.29, 0.717) is 16.9 Å². The SMILES string of the molecule is Cc1csc(SCc2ccccc2C(=O)OCc2cccc(C#N)c2)n1. The van der Waals surface area contributed by atoms with E-state index in [1.165, 1.54) is 0 Å². The van der Waals surface area contributed by atoms with Crippen molar-refractivity contribution >= 4 is 29.1 Å². The molecule has 0 unspecified atom stereocenters. The largest absolute Gasteiger partial charge is 0.457 e. The smallest absolute Gasteiger partial charge is 0.338 e. The summed E-state index contributed by atoms with van der Waals surface area (Å²) in [5.41, 5.74) is 3.83. The molecule has 0 aliphatic carbocycles. The maximum Gasteiger partial charge on any atom is 0.338 e. The summed E-state index contributed by atoms with van der Waals surface area (Å²) in [6.07, 6.45) is 0. The number of hydrogen-bond donors (Lipinski definition) is 0. The molecule has 0 saturated heterocycles. The molecule has 0 atom stereocenters. The summed E-state index contributed by atoms with van der Waals surface area (Å²) in [6.45, 7) is 2.11. The fourth-order valence-electron chi connectivity index (χ4n) is 2.34. The van der Waals surface area contributed by atoms with Crippen LogP contribution in [0.1, 0.15) is 32.7 Å². The molecule has 0 spiro atoms. The van der Waals surface area contributed by atoms with E-state index in [2.05, 4.69) is 11.1 Å². The molecule has 3 aromatic rings. The molecule has 0 fully saturated rings. The van der Waals surface area contributed by atoms with Crippen molar-refractivity contribution in [2.24, 2.45) is 0 Å². The number of nitrogens with zero attached hydrogens (tertiary/aromatic N) is 2. The van der Waals surface area contributed by atoms with Crippen molar-refractivity contribution in [2.45, 2.75) is 23.6 Å². The Labute approximate surface area is 160 Å². The Kier molecular flexibility index (Phi) is 6.05. The lowest BCUT2D eigenvalue weighted by molar-refractivity contribution is 0.0471. The van der Waals surface area contributed by atoms with Crippen LogP contribution >= 0.6 is 23.1 Å². The molecule has 0 aliphatic heterocycles. The van der Waals surface area contributed by atoms with Gasteiger partial charge < -0.3 is 4.74 Å². The van der Waals surface area contributed by atoms with Gasteiger partial charge in [-0.05, 0) is 36.2 Å². The Hall–Kier alpha value is -2.62. The third kappa shape index (κ3) is 4.72. The first kappa shape index (κ1) is 18.2. The summed E-state index contributed by atoms with van der Waals surface area (Å²) in [4.78, 5) is 16.9. The van der Waals surface area contributed by atoms with Crippen molar-refractivity contribution < 1.29 is 9.53 Å². The van der Waals surface area contributed by atoms with Gasteiger partial charge in [-0.2, -0.15) is 5.26 Å². The van der Waals surface area contributed by atoms with Gasteiger partial charge >= 0.3 is 5.97 Å². The van der Waals surface area contributed by atoms with Crippen molar-refractivity contribution in [1.82, 2.24) is 4.98 Å². The predicted octanol–water partition coefficient (Wildman–Crippen LogP) is 4.97. The number of aryl methyl sites for hydroxylation is 1. The zero-order valence-electron chi connectivity index (χ0n) is 14.1. The second-order valence-electron chi connectivity index (χ2n) is 5.59. The van der Waals surface area contributed by atoms with E-state index in [-0.39, 0.29) is 12.6 Å². The standard InChI is InChI=1S/C20H16N2O2S2/c1-14-12-25-20(22-14)26-13-17-7-2-3-8-18(17)19(23)24-11-16-6-4-5-15(9-16)10-21/h2-9,12H,11,13H2,1H3. The van der Waals surface area contributed by atoms with E-state index in [1.807, 2.05) is 36.6 Å². The topological polar surface area (TPSA) is 63.0 Å². The fourth-order valence-corrected chi connectivity index (χ4v) is 4.19. The molecule has 3 rings (SSSR count). The van der Waals surface area contributed by atoms with Crippen molar-refractivity contribution in [1.29, 1.82) is 5.26 Å². The summed E-state index contributed by atoms with van der Waals surface area (Å²) in [5.74, 6) is 0.293. The number of thioether (sulfide) groups is 1. The molecule has 1 heterocycles. The number of nitriles is 1. The molecule has 4 nitrogen and oxygen atoms in total. The molecule has 0 saturated carbocycles. The maximum atomic E-state index is 12.5. The van der Waals surface area contributed by atoms with Crippen LogP contribution in [0.25, 0.3) is 0 Å². The van der Waals surface area contributed by atoms with E-state index in [9.17, 15) is 4.79 Å². The number of rotatable bonds is 6. The lowest BCUT2D eigenvalue weighted by atomic mass is 10.1. The molecule has 2 aromatic carbocycles. The minimum absolute atomic E-state index is 0.140. The van der Waals surface area contributed by atoms with E-state index >= 15 is 0 Å². The number of esters is 1. The first-order valence-electron chi connectivity index (χ1n) is 7.94. The van der Waals surface area contributed by atoms with Crippen molar-refractivity contribution in [3.63, 3.8) is 0 Å². The average molecular weight is 380 g/mol. The van der Waals surface area contributed by atoms with Crippen LogP contribution in [0.5, 0.6) is 0 Å². The monoisotopic (exact) mass is 380 g/mol. The van der Waals surface area contributed by atoms with Crippen molar-refractivity contribution in [3.8, 4) is 6.07 Å². The highest BCUT2D eigenvalue weighted by Crippen LogP contribution is 2.27. The Morgan fingerprint density at radius 1 is 1.27 bits per heavy atom. The van der Waals surface area contributed by atoms with Gasteiger partial charge in [0, 0.05) is 16.8 Å². The number of hydrogen-bond acceptors (Lipinski definition) is 6. The highest BCUT2D eigenvalue weighted by Gasteiger charge is 2.13. The van der Waals surface area contributed by atoms with Crippen LogP contribution in [0.4, 0.5) is 0 Å². The summed E-state index contributed by atoms with van der Waals surface area (Å²) < 4.78 is 6.43. The van der Waals surface area contributed by atoms with Crippen LogP contribution in [0, 0.1) is 18.3 Å². The normalized spacial score (nSPS) is 10.3. The second kappa shape index (κ2) is 8.65. The van der Waals surface area contributed by atoms with Gasteiger partial charge in [0.15, 0.2) is 0 Å². The lowest BCUT2D eigenvalue weighted by Crippen LogP contribution is -2.08. The molecule has 0 radical (unpaired) electrons. The third-order valence-corrected chi connectivity index (χ3v) is 5.80. The van der Waals surface area contributed by atoms with Gasteiger partial charge in [0.05, 0.1) is 17.2 Å². The van der Waals surface area contributed by atoms with Gasteiger partial charge in [-0.3, -0.25) is 0 Å². The Morgan fingerprint density at radius 2 is 2.12 bits per heavy atom. The van der Waals surface area contributed by atoms with E-state index in [0.717, 1.165) is 21.2 Å². The molecule has 130 valence electrons. The van der Waals surface area contributed by atoms with Gasteiger partial charge in [0.25, 0.3) is 0 Å². The van der Waals surface area contributed by atoms with Gasteiger partial charge in [-0.25, -0.2) is 9.78 Å². The number of ether oxygens (including phenoxy) is 1. The molecule has 0 bridgehead atoms. The van der Waals surface area contributed by atoms with Crippen molar-refractivity contribution in [3.05, 3.63) is 81.9 Å². The third-order valence-electron chi connectivity index (χ3n) is 3.61. The van der Waals surface area contributed by atoms with Crippen LogP contribution in [0.3, 0.4) is 0 Å². The van der Waals surface area contributed by atoms with Crippen molar-refractivity contribution in [2.75, 3.05) is 0 Å². The average Bonchev–Trinajstić information content (AvgIpc) is 3.10. The van der Waals surface area contributed by atoms with E-state index in [1.54, 1.807) is 47.4 Å². The number of aromatic nitrogens is 1. The highest BCUT2D eigenvalue weighted by molar-refractivity contribution is 8.00. The number of carbonyl (C=O) groups excluding carboxylic acids is 1. The quantitative estimate of drug-likeness (QED) is 0.446. The van der Waals surface area contributed by atoms with Gasteiger partial charge in [0.2, 0.25) is 0 Å². The Balaban J connectivity index is 1.66. The molecule has 0 N–H and O–H groups in total. The van der Waals surface area contributed by atoms with Crippen LogP contribution < -0.4 is 0 Å². The summed E-state index contributed by atoms with van der Waals surface area (Å²) in [7, 11) is 0. The van der Waals surface area contributed by atoms with E-state index in [4.69, 9.17) is 10.00 Å². The molecule has 1 aromatic heterocycles. The summed E-state index contributed by atoms with van der Waals surface area (Å²) >= 11 is 3.21. The van der Waals surface area contributed by atoms with Crippen LogP contribution in [0.2, 0.25) is 0 Å². The van der Waals surface area contributed by atoms with Gasteiger partial charge in [-0.15, -0.1) is 11.3 Å². The van der Waals surface area contributed by atoms with Gasteiger partial charge in [0.1, 0.15) is 10.9 Å². The zero-order valence-corrected chi connectivity index (χ0v) is 15.8. The predicted molar refractivity (Wildman–Crippen MR) is 103 cm³/mol. The Morgan fingerprint density at radius 3 is 2.88 bits per heavy atom. The molecule has 0 aliphatic rings. The first-order chi connectivity index (χ1) is 12.7. The Bertz CT molecular complexity index is 960. The maximum absolute atomic E-state index is 12.5. The highest BCUT2D eigenvalue weighted by atomic mass is 32.2. The molecular formula is C20H16N2O2S2. The van der Waals surface area contributed by atoms with Crippen LogP contribution in [-0.2, 0) is 17.1 Å². The number of thiazole rings is 1. The molecule has 6 heteroatoms. The molecule has 26 heavy (non-hydrogen) atoms.